The third-order valence-corrected chi connectivity index (χ3v) is 3.77. The van der Waals surface area contributed by atoms with Gasteiger partial charge < -0.3 is 0 Å². The highest BCUT2D eigenvalue weighted by Gasteiger charge is 2.34. The normalized spacial score (nSPS) is 23.1. The highest BCUT2D eigenvalue weighted by molar-refractivity contribution is 5.82. The third kappa shape index (κ3) is 3.30. The van der Waals surface area contributed by atoms with Crippen LogP contribution in [0.25, 0.3) is 0 Å². The number of carbonyl (C=O) groups excluding carboxylic acids is 1. The average molecular weight is 209 g/mol. The molecule has 2 nitrogen and oxygen atoms in total. The van der Waals surface area contributed by atoms with E-state index in [0.717, 1.165) is 24.9 Å². The molecular formula is C13H23NO. The predicted octanol–water partition coefficient (Wildman–Crippen LogP) is 2.48. The largest absolute Gasteiger partial charge is 0.298 e. The zero-order chi connectivity index (χ0) is 10.8. The van der Waals surface area contributed by atoms with Crippen LogP contribution in [0.1, 0.15) is 46.0 Å². The summed E-state index contributed by atoms with van der Waals surface area (Å²) in [6.45, 7) is 6.07. The first-order valence-corrected chi connectivity index (χ1v) is 6.47. The van der Waals surface area contributed by atoms with E-state index in [1.54, 1.807) is 0 Å². The first-order chi connectivity index (χ1) is 7.20. The summed E-state index contributed by atoms with van der Waals surface area (Å²) < 4.78 is 0. The van der Waals surface area contributed by atoms with Crippen LogP contribution in [0, 0.1) is 11.8 Å². The molecule has 15 heavy (non-hydrogen) atoms. The minimum absolute atomic E-state index is 0.255. The fourth-order valence-electron chi connectivity index (χ4n) is 2.00. The smallest absolute Gasteiger partial charge is 0.149 e. The summed E-state index contributed by atoms with van der Waals surface area (Å²) in [5, 5.41) is 0. The molecule has 0 radical (unpaired) electrons. The maximum absolute atomic E-state index is 11.9. The first-order valence-electron chi connectivity index (χ1n) is 6.47. The molecule has 2 aliphatic carbocycles. The van der Waals surface area contributed by atoms with Crippen LogP contribution in [0.2, 0.25) is 0 Å². The van der Waals surface area contributed by atoms with Crippen LogP contribution in [0.5, 0.6) is 0 Å². The Morgan fingerprint density at radius 2 is 2.00 bits per heavy atom. The lowest BCUT2D eigenvalue weighted by molar-refractivity contribution is -0.123. The molecule has 1 atom stereocenters. The highest BCUT2D eigenvalue weighted by Crippen LogP contribution is 2.34. The Bertz CT molecular complexity index is 231. The van der Waals surface area contributed by atoms with E-state index < -0.39 is 0 Å². The van der Waals surface area contributed by atoms with E-state index in [9.17, 15) is 4.79 Å². The number of hydrogen-bond donors (Lipinski definition) is 0. The van der Waals surface area contributed by atoms with Gasteiger partial charge in [0.2, 0.25) is 0 Å². The second kappa shape index (κ2) is 4.65. The molecule has 0 N–H and O–H groups in total. The lowest BCUT2D eigenvalue weighted by Gasteiger charge is -2.22. The number of ketones is 1. The number of rotatable bonds is 7. The Hall–Kier alpha value is -0.370. The van der Waals surface area contributed by atoms with E-state index in [0.29, 0.717) is 5.78 Å². The van der Waals surface area contributed by atoms with Crippen molar-refractivity contribution in [1.29, 1.82) is 0 Å². The van der Waals surface area contributed by atoms with Gasteiger partial charge in [-0.2, -0.15) is 0 Å². The summed E-state index contributed by atoms with van der Waals surface area (Å²) in [6, 6.07) is 0.749. The fraction of sp³-hybridized carbons (Fsp3) is 0.923. The van der Waals surface area contributed by atoms with Crippen molar-refractivity contribution >= 4 is 5.78 Å². The number of hydrogen-bond acceptors (Lipinski definition) is 2. The van der Waals surface area contributed by atoms with Gasteiger partial charge in [-0.15, -0.1) is 0 Å². The molecule has 2 fully saturated rings. The SMILES string of the molecule is CCC(C)C(=O)CN(CC1CC1)C1CC1. The zero-order valence-electron chi connectivity index (χ0n) is 10.0. The second-order valence-corrected chi connectivity index (χ2v) is 5.38. The fourth-order valence-corrected chi connectivity index (χ4v) is 2.00. The summed E-state index contributed by atoms with van der Waals surface area (Å²) in [5.74, 6) is 1.62. The van der Waals surface area contributed by atoms with E-state index in [1.807, 2.05) is 0 Å². The molecule has 0 aromatic rings. The maximum atomic E-state index is 11.9. The number of nitrogens with zero attached hydrogens (tertiary/aromatic N) is 1. The molecule has 0 heterocycles. The Morgan fingerprint density at radius 1 is 1.33 bits per heavy atom. The van der Waals surface area contributed by atoms with Crippen molar-refractivity contribution in [2.24, 2.45) is 11.8 Å². The van der Waals surface area contributed by atoms with Crippen LogP contribution in [0.15, 0.2) is 0 Å². The van der Waals surface area contributed by atoms with Gasteiger partial charge in [-0.25, -0.2) is 0 Å². The van der Waals surface area contributed by atoms with E-state index in [2.05, 4.69) is 18.7 Å². The molecule has 0 bridgehead atoms. The molecule has 0 aromatic heterocycles. The van der Waals surface area contributed by atoms with Crippen LogP contribution in [0.3, 0.4) is 0 Å². The minimum Gasteiger partial charge on any atom is -0.298 e. The van der Waals surface area contributed by atoms with Gasteiger partial charge in [-0.1, -0.05) is 13.8 Å². The molecular weight excluding hydrogens is 186 g/mol. The molecule has 0 aromatic carbocycles. The highest BCUT2D eigenvalue weighted by atomic mass is 16.1. The molecule has 0 amide bonds. The summed E-state index contributed by atoms with van der Waals surface area (Å²) in [4.78, 5) is 14.3. The van der Waals surface area contributed by atoms with E-state index in [-0.39, 0.29) is 5.92 Å². The topological polar surface area (TPSA) is 20.3 Å². The lowest BCUT2D eigenvalue weighted by atomic mass is 10.0. The summed E-state index contributed by atoms with van der Waals surface area (Å²) in [5.41, 5.74) is 0. The van der Waals surface area contributed by atoms with Crippen LogP contribution in [-0.4, -0.2) is 29.8 Å². The van der Waals surface area contributed by atoms with Crippen molar-refractivity contribution in [2.45, 2.75) is 52.0 Å². The molecule has 86 valence electrons. The van der Waals surface area contributed by atoms with Crippen molar-refractivity contribution in [3.8, 4) is 0 Å². The van der Waals surface area contributed by atoms with Gasteiger partial charge >= 0.3 is 0 Å². The quantitative estimate of drug-likeness (QED) is 0.642. The van der Waals surface area contributed by atoms with Gasteiger partial charge in [0.25, 0.3) is 0 Å². The standard InChI is InChI=1S/C13H23NO/c1-3-10(2)13(15)9-14(12-6-7-12)8-11-4-5-11/h10-12H,3-9H2,1-2H3. The Kier molecular flexibility index (Phi) is 3.45. The zero-order valence-corrected chi connectivity index (χ0v) is 10.0. The van der Waals surface area contributed by atoms with Crippen LogP contribution in [0.4, 0.5) is 0 Å². The van der Waals surface area contributed by atoms with Crippen LogP contribution < -0.4 is 0 Å². The molecule has 2 rings (SSSR count). The summed E-state index contributed by atoms with van der Waals surface area (Å²) in [7, 11) is 0. The Labute approximate surface area is 93.0 Å². The van der Waals surface area contributed by atoms with Gasteiger partial charge in [0.15, 0.2) is 0 Å². The van der Waals surface area contributed by atoms with Crippen LogP contribution in [-0.2, 0) is 4.79 Å². The van der Waals surface area contributed by atoms with Gasteiger partial charge in [0.1, 0.15) is 5.78 Å². The van der Waals surface area contributed by atoms with Crippen molar-refractivity contribution in [3.63, 3.8) is 0 Å². The molecule has 2 saturated carbocycles. The summed E-state index contributed by atoms with van der Waals surface area (Å²) in [6.07, 6.45) is 6.41. The third-order valence-electron chi connectivity index (χ3n) is 3.77. The van der Waals surface area contributed by atoms with Gasteiger partial charge in [0, 0.05) is 18.5 Å². The van der Waals surface area contributed by atoms with Gasteiger partial charge in [-0.3, -0.25) is 9.69 Å². The molecule has 2 aliphatic rings. The maximum Gasteiger partial charge on any atom is 0.149 e. The van der Waals surface area contributed by atoms with E-state index in [1.165, 1.54) is 32.2 Å². The van der Waals surface area contributed by atoms with E-state index in [4.69, 9.17) is 0 Å². The van der Waals surface area contributed by atoms with Gasteiger partial charge in [0.05, 0.1) is 6.54 Å². The lowest BCUT2D eigenvalue weighted by Crippen LogP contribution is -2.35. The predicted molar refractivity (Wildman–Crippen MR) is 61.8 cm³/mol. The molecule has 0 saturated heterocycles. The molecule has 0 spiro atoms. The van der Waals surface area contributed by atoms with Crippen molar-refractivity contribution in [1.82, 2.24) is 4.90 Å². The van der Waals surface area contributed by atoms with E-state index >= 15 is 0 Å². The van der Waals surface area contributed by atoms with Gasteiger partial charge in [-0.05, 0) is 38.0 Å². The molecule has 2 heteroatoms. The Balaban J connectivity index is 1.79. The number of Topliss-reactive ketones (excluding diaryl/α,β-unsaturated/α-hetero) is 1. The van der Waals surface area contributed by atoms with Crippen LogP contribution >= 0.6 is 0 Å². The van der Waals surface area contributed by atoms with Crippen molar-refractivity contribution in [3.05, 3.63) is 0 Å². The summed E-state index contributed by atoms with van der Waals surface area (Å²) >= 11 is 0. The molecule has 1 unspecified atom stereocenters. The number of carbonyl (C=O) groups is 1. The first kappa shape index (κ1) is 11.1. The average Bonchev–Trinajstić information content (AvgIpc) is 3.05. The van der Waals surface area contributed by atoms with Crippen molar-refractivity contribution < 1.29 is 4.79 Å². The minimum atomic E-state index is 0.255. The monoisotopic (exact) mass is 209 g/mol. The van der Waals surface area contributed by atoms with Crippen molar-refractivity contribution in [2.75, 3.05) is 13.1 Å². The Morgan fingerprint density at radius 3 is 2.47 bits per heavy atom. The molecule has 0 aliphatic heterocycles. The second-order valence-electron chi connectivity index (χ2n) is 5.38.